The van der Waals surface area contributed by atoms with E-state index in [1.807, 2.05) is 47.0 Å². The van der Waals surface area contributed by atoms with E-state index in [1.165, 1.54) is 22.9 Å². The molecule has 20 heteroatoms. The predicted molar refractivity (Wildman–Crippen MR) is 202 cm³/mol. The Kier molecular flexibility index (Phi) is 37.7. The first-order valence-electron chi connectivity index (χ1n) is 10.7. The van der Waals surface area contributed by atoms with Crippen molar-refractivity contribution < 1.29 is 19.0 Å². The van der Waals surface area contributed by atoms with Crippen LogP contribution in [0.5, 0.6) is 0 Å². The van der Waals surface area contributed by atoms with Crippen LogP contribution in [0.4, 0.5) is 4.79 Å². The largest absolute Gasteiger partial charge is 0.611 e. The second kappa shape index (κ2) is 34.7. The first-order chi connectivity index (χ1) is 18.6. The standard InChI is InChI=1S/C18H35N3O4S13/c22-1-2-27-3-4-37(24)9-20-6-28-10-30-12-31-11-29-7-21-18(23)36-16-34-14-32-13-33-15-35-17-38(25)8-19-5-26/h8-9,22,26H,1-7,10-17H2,(H,21,23)/b19-8+,20-9+. The Bertz CT molecular complexity index is 588. The van der Waals surface area contributed by atoms with Crippen molar-refractivity contribution in [2.24, 2.45) is 9.98 Å². The van der Waals surface area contributed by atoms with Crippen molar-refractivity contribution >= 4 is 169 Å². The van der Waals surface area contributed by atoms with Crippen molar-refractivity contribution in [3.63, 3.8) is 0 Å². The number of aliphatic imine (C=N–C) groups is 2. The van der Waals surface area contributed by atoms with Gasteiger partial charge in [0.05, 0.1) is 24.2 Å². The molecule has 0 aromatic carbocycles. The molecular weight excluding hydrogens is 739 g/mol. The zero-order valence-electron chi connectivity index (χ0n) is 20.7. The lowest BCUT2D eigenvalue weighted by atomic mass is 10.9. The highest BCUT2D eigenvalue weighted by Crippen LogP contribution is 2.24. The Balaban J connectivity index is 3.30. The highest BCUT2D eigenvalue weighted by molar-refractivity contribution is 8.31. The van der Waals surface area contributed by atoms with Gasteiger partial charge >= 0.3 is 0 Å². The third-order valence-electron chi connectivity index (χ3n) is 3.09. The molecule has 0 aromatic rings. The number of nitrogens with zero attached hydrogens (tertiary/aromatic N) is 2. The van der Waals surface area contributed by atoms with Gasteiger partial charge in [0.2, 0.25) is 11.1 Å². The second-order valence-corrected chi connectivity index (χ2v) is 21.9. The third-order valence-corrected chi connectivity index (χ3v) is 17.7. The number of nitrogens with one attached hydrogen (secondary N) is 1. The van der Waals surface area contributed by atoms with E-state index in [-0.39, 0.29) is 11.8 Å². The molecule has 7 nitrogen and oxygen atoms in total. The maximum absolute atomic E-state index is 11.9. The Morgan fingerprint density at radius 2 is 1.39 bits per heavy atom. The summed E-state index contributed by atoms with van der Waals surface area (Å²) in [6.45, 7) is 0.162. The molecule has 0 aliphatic heterocycles. The van der Waals surface area contributed by atoms with Gasteiger partial charge in [-0.1, -0.05) is 23.5 Å². The molecule has 2 N–H and O–H groups in total. The zero-order valence-corrected chi connectivity index (χ0v) is 31.4. The molecule has 0 radical (unpaired) electrons. The van der Waals surface area contributed by atoms with Crippen LogP contribution in [-0.4, -0.2) is 113 Å². The average Bonchev–Trinajstić information content (AvgIpc) is 2.91. The maximum atomic E-state index is 11.9. The Labute approximate surface area is 282 Å². The van der Waals surface area contributed by atoms with Crippen molar-refractivity contribution in [1.82, 2.24) is 5.32 Å². The van der Waals surface area contributed by atoms with E-state index in [1.54, 1.807) is 58.8 Å². The van der Waals surface area contributed by atoms with Gasteiger partial charge in [0.1, 0.15) is 5.75 Å². The first kappa shape index (κ1) is 41.2. The zero-order chi connectivity index (χ0) is 27.9. The molecule has 0 saturated heterocycles. The van der Waals surface area contributed by atoms with Crippen molar-refractivity contribution in [3.8, 4) is 0 Å². The molecule has 0 spiro atoms. The van der Waals surface area contributed by atoms with Gasteiger partial charge in [-0.3, -0.25) is 4.79 Å². The Morgan fingerprint density at radius 3 is 2.08 bits per heavy atom. The lowest BCUT2D eigenvalue weighted by molar-refractivity contribution is 0.262. The van der Waals surface area contributed by atoms with Gasteiger partial charge in [-0.2, -0.15) is 24.4 Å². The topological polar surface area (TPSA) is 120 Å². The van der Waals surface area contributed by atoms with Gasteiger partial charge in [0, 0.05) is 58.3 Å². The molecule has 0 bridgehead atoms. The molecule has 0 fully saturated rings. The molecule has 38 heavy (non-hydrogen) atoms. The maximum Gasteiger partial charge on any atom is 0.280 e. The summed E-state index contributed by atoms with van der Waals surface area (Å²) < 4.78 is 23.2. The van der Waals surface area contributed by atoms with E-state index in [9.17, 15) is 13.9 Å². The Hall–Kier alpha value is 3.24. The van der Waals surface area contributed by atoms with Gasteiger partial charge in [0.25, 0.3) is 5.24 Å². The van der Waals surface area contributed by atoms with Gasteiger partial charge < -0.3 is 19.5 Å². The van der Waals surface area contributed by atoms with Crippen LogP contribution in [-0.2, 0) is 22.4 Å². The average molecular weight is 774 g/mol. The van der Waals surface area contributed by atoms with E-state index < -0.39 is 22.4 Å². The summed E-state index contributed by atoms with van der Waals surface area (Å²) in [5.74, 6) is 3.67. The number of thioether (sulfide) groups is 10. The van der Waals surface area contributed by atoms with E-state index in [0.717, 1.165) is 41.3 Å². The van der Waals surface area contributed by atoms with E-state index in [0.29, 0.717) is 34.2 Å². The van der Waals surface area contributed by atoms with Crippen molar-refractivity contribution in [2.45, 2.75) is 0 Å². The van der Waals surface area contributed by atoms with Crippen LogP contribution in [0.3, 0.4) is 0 Å². The summed E-state index contributed by atoms with van der Waals surface area (Å²) in [6.07, 6.45) is 0. The number of rotatable bonds is 28. The van der Waals surface area contributed by atoms with E-state index >= 15 is 0 Å². The Morgan fingerprint density at radius 1 is 0.789 bits per heavy atom. The number of hydrogen-bond acceptors (Lipinski definition) is 17. The molecule has 224 valence electrons. The van der Waals surface area contributed by atoms with Crippen molar-refractivity contribution in [1.29, 1.82) is 0 Å². The van der Waals surface area contributed by atoms with Gasteiger partial charge in [-0.05, 0) is 11.2 Å². The van der Waals surface area contributed by atoms with Crippen LogP contribution in [0, 0.1) is 0 Å². The monoisotopic (exact) mass is 773 g/mol. The highest BCUT2D eigenvalue weighted by atomic mass is 32.3. The predicted octanol–water partition coefficient (Wildman–Crippen LogP) is 6.04. The molecule has 0 saturated carbocycles. The number of aliphatic hydroxyl groups excluding tert-OH is 1. The quantitative estimate of drug-likeness (QED) is 0.0214. The fourth-order valence-corrected chi connectivity index (χ4v) is 15.1. The summed E-state index contributed by atoms with van der Waals surface area (Å²) in [4.78, 5) is 19.9. The minimum Gasteiger partial charge on any atom is -0.611 e. The van der Waals surface area contributed by atoms with Crippen LogP contribution >= 0.6 is 130 Å². The molecule has 0 aromatic heterocycles. The van der Waals surface area contributed by atoms with Gasteiger partial charge in [0.15, 0.2) is 5.08 Å². The lowest BCUT2D eigenvalue weighted by Gasteiger charge is -2.06. The van der Waals surface area contributed by atoms with Crippen LogP contribution in [0.25, 0.3) is 0 Å². The fourth-order valence-electron chi connectivity index (χ4n) is 1.65. The number of aliphatic hydroxyl groups is 1. The lowest BCUT2D eigenvalue weighted by Crippen LogP contribution is -2.17. The molecule has 2 atom stereocenters. The van der Waals surface area contributed by atoms with Crippen LogP contribution in [0.15, 0.2) is 9.98 Å². The van der Waals surface area contributed by atoms with Crippen LogP contribution < -0.4 is 5.32 Å². The number of hydrogen-bond donors (Lipinski definition) is 3. The fraction of sp³-hybridized carbons (Fsp3) is 0.833. The molecule has 1 amide bonds. The van der Waals surface area contributed by atoms with Crippen LogP contribution in [0.2, 0.25) is 0 Å². The summed E-state index contributed by atoms with van der Waals surface area (Å²) in [5.41, 5.74) is 2.99. The molecule has 0 aliphatic carbocycles. The summed E-state index contributed by atoms with van der Waals surface area (Å²) in [5, 5.41) is 18.7. The van der Waals surface area contributed by atoms with Gasteiger partial charge in [-0.15, -0.1) is 82.3 Å². The number of carbonyl (C=O) groups is 1. The molecule has 0 aliphatic rings. The second-order valence-electron chi connectivity index (χ2n) is 5.98. The minimum absolute atomic E-state index is 0.0244. The number of carbonyl (C=O) groups excluding carboxylic acids is 1. The van der Waals surface area contributed by atoms with Gasteiger partial charge in [-0.25, -0.2) is 9.98 Å². The summed E-state index contributed by atoms with van der Waals surface area (Å²) >= 11 is 19.0. The smallest absolute Gasteiger partial charge is 0.280 e. The van der Waals surface area contributed by atoms with E-state index in [2.05, 4.69) is 27.9 Å². The first-order valence-corrected chi connectivity index (χ1v) is 25.4. The minimum atomic E-state index is -1.02. The molecular formula is C18H35N3O4S13. The number of thiol groups is 1. The summed E-state index contributed by atoms with van der Waals surface area (Å²) in [6, 6.07) is 0. The number of amides is 1. The van der Waals surface area contributed by atoms with Crippen molar-refractivity contribution in [3.05, 3.63) is 0 Å². The molecule has 0 rings (SSSR count). The summed E-state index contributed by atoms with van der Waals surface area (Å²) in [7, 11) is 0. The normalized spacial score (nSPS) is 13.5. The van der Waals surface area contributed by atoms with E-state index in [4.69, 9.17) is 5.11 Å². The van der Waals surface area contributed by atoms with Crippen LogP contribution in [0.1, 0.15) is 0 Å². The highest BCUT2D eigenvalue weighted by Gasteiger charge is 2.04. The molecule has 0 heterocycles. The van der Waals surface area contributed by atoms with Crippen molar-refractivity contribution in [2.75, 3.05) is 82.2 Å². The SMILES string of the molecule is O=C(NCSCSCSCSC/N=C/[S+]([O-])CCSCCO)SCSCSCSCSC[S+]([O-])/C=N/CS. The third kappa shape index (κ3) is 33.7. The molecule has 2 unspecified atom stereocenters.